The van der Waals surface area contributed by atoms with Gasteiger partial charge >= 0.3 is 0 Å². The summed E-state index contributed by atoms with van der Waals surface area (Å²) in [4.78, 5) is 14.3. The summed E-state index contributed by atoms with van der Waals surface area (Å²) in [5.41, 5.74) is 2.85. The lowest BCUT2D eigenvalue weighted by molar-refractivity contribution is -0.132. The van der Waals surface area contributed by atoms with E-state index in [1.54, 1.807) is 0 Å². The van der Waals surface area contributed by atoms with E-state index in [1.165, 1.54) is 11.1 Å². The molecule has 2 aromatic rings. The summed E-state index contributed by atoms with van der Waals surface area (Å²) < 4.78 is 0. The van der Waals surface area contributed by atoms with Crippen molar-refractivity contribution in [2.75, 3.05) is 19.6 Å². The molecule has 23 heavy (non-hydrogen) atoms. The van der Waals surface area contributed by atoms with E-state index in [-0.39, 0.29) is 17.4 Å². The second-order valence-corrected chi connectivity index (χ2v) is 6.91. The van der Waals surface area contributed by atoms with Crippen LogP contribution in [0.15, 0.2) is 60.7 Å². The smallest absolute Gasteiger partial charge is 0.220 e. The number of likely N-dealkylation sites (tertiary alicyclic amines) is 1. The molecule has 2 heterocycles. The Balaban J connectivity index is 1.59. The molecule has 0 bridgehead atoms. The average Bonchev–Trinajstić information content (AvgIpc) is 2.56. The van der Waals surface area contributed by atoms with Gasteiger partial charge in [0.25, 0.3) is 0 Å². The molecule has 3 heteroatoms. The van der Waals surface area contributed by atoms with Crippen molar-refractivity contribution in [3.63, 3.8) is 0 Å². The Morgan fingerprint density at radius 2 is 1.48 bits per heavy atom. The molecule has 1 amide bonds. The standard InChI is InChI=1S/C20H22N2O/c23-18-13-20(11-12-21-18)14-22(15-20)19(16-7-3-1-4-8-16)17-9-5-2-6-10-17/h1-10,19H,11-15H2,(H,21,23). The molecule has 0 unspecified atom stereocenters. The van der Waals surface area contributed by atoms with Crippen LogP contribution >= 0.6 is 0 Å². The highest BCUT2D eigenvalue weighted by molar-refractivity contribution is 5.77. The highest BCUT2D eigenvalue weighted by atomic mass is 16.1. The van der Waals surface area contributed by atoms with E-state index in [9.17, 15) is 4.79 Å². The van der Waals surface area contributed by atoms with Gasteiger partial charge in [0.2, 0.25) is 5.91 Å². The fourth-order valence-electron chi connectivity index (χ4n) is 4.11. The minimum Gasteiger partial charge on any atom is -0.356 e. The topological polar surface area (TPSA) is 32.3 Å². The number of nitrogens with one attached hydrogen (secondary N) is 1. The highest BCUT2D eigenvalue weighted by Gasteiger charge is 2.48. The average molecular weight is 306 g/mol. The molecule has 2 saturated heterocycles. The maximum atomic E-state index is 11.8. The number of carbonyl (C=O) groups excluding carboxylic acids is 1. The Morgan fingerprint density at radius 1 is 0.913 bits per heavy atom. The van der Waals surface area contributed by atoms with Crippen molar-refractivity contribution in [2.45, 2.75) is 18.9 Å². The highest BCUT2D eigenvalue weighted by Crippen LogP contribution is 2.45. The Kier molecular flexibility index (Phi) is 3.66. The SMILES string of the molecule is O=C1CC2(CCN1)CN(C(c1ccccc1)c1ccccc1)C2. The van der Waals surface area contributed by atoms with E-state index < -0.39 is 0 Å². The number of carbonyl (C=O) groups is 1. The number of amides is 1. The van der Waals surface area contributed by atoms with E-state index >= 15 is 0 Å². The van der Waals surface area contributed by atoms with Gasteiger partial charge in [-0.2, -0.15) is 0 Å². The zero-order valence-electron chi connectivity index (χ0n) is 13.2. The Labute approximate surface area is 137 Å². The van der Waals surface area contributed by atoms with Gasteiger partial charge in [0.05, 0.1) is 6.04 Å². The second kappa shape index (κ2) is 5.82. The summed E-state index contributed by atoms with van der Waals surface area (Å²) in [5.74, 6) is 0.215. The Morgan fingerprint density at radius 3 is 2.00 bits per heavy atom. The molecule has 1 N–H and O–H groups in total. The first-order chi connectivity index (χ1) is 11.3. The van der Waals surface area contributed by atoms with Gasteiger partial charge in [-0.15, -0.1) is 0 Å². The van der Waals surface area contributed by atoms with Crippen LogP contribution in [-0.2, 0) is 4.79 Å². The monoisotopic (exact) mass is 306 g/mol. The molecular formula is C20H22N2O. The number of nitrogens with zero attached hydrogens (tertiary/aromatic N) is 1. The van der Waals surface area contributed by atoms with Gasteiger partial charge in [0.1, 0.15) is 0 Å². The molecule has 4 rings (SSSR count). The van der Waals surface area contributed by atoms with Crippen molar-refractivity contribution < 1.29 is 4.79 Å². The quantitative estimate of drug-likeness (QED) is 0.945. The number of hydrogen-bond donors (Lipinski definition) is 1. The molecule has 0 aliphatic carbocycles. The first-order valence-corrected chi connectivity index (χ1v) is 8.36. The van der Waals surface area contributed by atoms with Crippen LogP contribution in [0.2, 0.25) is 0 Å². The molecule has 2 fully saturated rings. The summed E-state index contributed by atoms with van der Waals surface area (Å²) >= 11 is 0. The van der Waals surface area contributed by atoms with Gasteiger partial charge in [-0.3, -0.25) is 9.69 Å². The molecule has 118 valence electrons. The van der Waals surface area contributed by atoms with Crippen molar-refractivity contribution in [1.29, 1.82) is 0 Å². The summed E-state index contributed by atoms with van der Waals surface area (Å²) in [6.45, 7) is 2.85. The van der Waals surface area contributed by atoms with Gasteiger partial charge in [-0.1, -0.05) is 60.7 Å². The number of rotatable bonds is 3. The Hall–Kier alpha value is -2.13. The zero-order chi connectivity index (χ0) is 15.7. The largest absolute Gasteiger partial charge is 0.356 e. The van der Waals surface area contributed by atoms with E-state index in [2.05, 4.69) is 70.9 Å². The van der Waals surface area contributed by atoms with Crippen LogP contribution in [0.5, 0.6) is 0 Å². The first kappa shape index (κ1) is 14.5. The minimum absolute atomic E-state index is 0.199. The van der Waals surface area contributed by atoms with Crippen LogP contribution < -0.4 is 5.32 Å². The second-order valence-electron chi connectivity index (χ2n) is 6.91. The zero-order valence-corrected chi connectivity index (χ0v) is 13.2. The van der Waals surface area contributed by atoms with Crippen molar-refractivity contribution in [1.82, 2.24) is 10.2 Å². The molecule has 0 radical (unpaired) electrons. The fraction of sp³-hybridized carbons (Fsp3) is 0.350. The van der Waals surface area contributed by atoms with Crippen molar-refractivity contribution in [3.8, 4) is 0 Å². The number of piperidine rings is 1. The van der Waals surface area contributed by atoms with E-state index in [0.717, 1.165) is 26.1 Å². The molecule has 3 nitrogen and oxygen atoms in total. The maximum absolute atomic E-state index is 11.8. The molecule has 2 aliphatic heterocycles. The molecule has 1 spiro atoms. The van der Waals surface area contributed by atoms with Crippen LogP contribution in [0.3, 0.4) is 0 Å². The van der Waals surface area contributed by atoms with Gasteiger partial charge in [0.15, 0.2) is 0 Å². The summed E-state index contributed by atoms with van der Waals surface area (Å²) in [5, 5.41) is 2.96. The lowest BCUT2D eigenvalue weighted by atomic mass is 9.70. The van der Waals surface area contributed by atoms with Crippen molar-refractivity contribution in [2.24, 2.45) is 5.41 Å². The summed E-state index contributed by atoms with van der Waals surface area (Å²) in [7, 11) is 0. The third kappa shape index (κ3) is 2.77. The fourth-order valence-corrected chi connectivity index (χ4v) is 4.11. The Bertz CT molecular complexity index is 638. The molecule has 0 atom stereocenters. The van der Waals surface area contributed by atoms with Crippen LogP contribution in [-0.4, -0.2) is 30.4 Å². The molecule has 2 aliphatic rings. The van der Waals surface area contributed by atoms with Crippen LogP contribution in [0, 0.1) is 5.41 Å². The lowest BCUT2D eigenvalue weighted by Gasteiger charge is -2.55. The lowest BCUT2D eigenvalue weighted by Crippen LogP contribution is -2.61. The van der Waals surface area contributed by atoms with E-state index in [1.807, 2.05) is 0 Å². The van der Waals surface area contributed by atoms with Crippen LogP contribution in [0.25, 0.3) is 0 Å². The normalized spacial score (nSPS) is 20.3. The molecule has 0 saturated carbocycles. The molecule has 0 aromatic heterocycles. The first-order valence-electron chi connectivity index (χ1n) is 8.36. The third-order valence-electron chi connectivity index (χ3n) is 5.19. The summed E-state index contributed by atoms with van der Waals surface area (Å²) in [6.07, 6.45) is 1.78. The van der Waals surface area contributed by atoms with Crippen LogP contribution in [0.1, 0.15) is 30.0 Å². The van der Waals surface area contributed by atoms with E-state index in [4.69, 9.17) is 0 Å². The minimum atomic E-state index is 0.199. The predicted molar refractivity (Wildman–Crippen MR) is 91.0 cm³/mol. The van der Waals surface area contributed by atoms with Gasteiger partial charge in [-0.25, -0.2) is 0 Å². The van der Waals surface area contributed by atoms with Gasteiger partial charge in [-0.05, 0) is 17.5 Å². The predicted octanol–water partition coefficient (Wildman–Crippen LogP) is 2.99. The van der Waals surface area contributed by atoms with Gasteiger partial charge < -0.3 is 5.32 Å². The van der Waals surface area contributed by atoms with Crippen molar-refractivity contribution >= 4 is 5.91 Å². The molecular weight excluding hydrogens is 284 g/mol. The van der Waals surface area contributed by atoms with Crippen LogP contribution in [0.4, 0.5) is 0 Å². The van der Waals surface area contributed by atoms with Gasteiger partial charge in [0, 0.05) is 31.5 Å². The molecule has 2 aromatic carbocycles. The van der Waals surface area contributed by atoms with Crippen molar-refractivity contribution in [3.05, 3.63) is 71.8 Å². The number of hydrogen-bond acceptors (Lipinski definition) is 2. The summed E-state index contributed by atoms with van der Waals surface area (Å²) in [6, 6.07) is 21.7. The number of benzene rings is 2. The third-order valence-corrected chi connectivity index (χ3v) is 5.19. The van der Waals surface area contributed by atoms with E-state index in [0.29, 0.717) is 6.42 Å². The maximum Gasteiger partial charge on any atom is 0.220 e.